The first-order valence-corrected chi connectivity index (χ1v) is 8.89. The van der Waals surface area contributed by atoms with E-state index in [9.17, 15) is 13.2 Å². The molecule has 112 valence electrons. The first-order valence-electron chi connectivity index (χ1n) is 6.18. The van der Waals surface area contributed by atoms with Crippen molar-refractivity contribution in [2.45, 2.75) is 17.9 Å². The third-order valence-electron chi connectivity index (χ3n) is 2.78. The fourth-order valence-corrected chi connectivity index (χ4v) is 3.69. The Kier molecular flexibility index (Phi) is 4.64. The molecule has 1 heterocycles. The molecule has 5 nitrogen and oxygen atoms in total. The Morgan fingerprint density at radius 3 is 2.52 bits per heavy atom. The minimum atomic E-state index is -3.29. The predicted molar refractivity (Wildman–Crippen MR) is 82.5 cm³/mol. The average molecular weight is 325 g/mol. The van der Waals surface area contributed by atoms with Crippen LogP contribution in [0.25, 0.3) is 0 Å². The molecule has 2 rings (SSSR count). The monoisotopic (exact) mass is 325 g/mol. The second-order valence-corrected chi connectivity index (χ2v) is 7.80. The van der Waals surface area contributed by atoms with Gasteiger partial charge < -0.3 is 10.4 Å². The Morgan fingerprint density at radius 2 is 1.86 bits per heavy atom. The van der Waals surface area contributed by atoms with Crippen molar-refractivity contribution in [2.24, 2.45) is 0 Å². The van der Waals surface area contributed by atoms with E-state index in [2.05, 4.69) is 5.32 Å². The average Bonchev–Trinajstić information content (AvgIpc) is 2.82. The van der Waals surface area contributed by atoms with Gasteiger partial charge in [0.15, 0.2) is 9.84 Å². The van der Waals surface area contributed by atoms with Gasteiger partial charge in [-0.1, -0.05) is 12.1 Å². The molecule has 0 radical (unpaired) electrons. The second kappa shape index (κ2) is 6.28. The lowest BCUT2D eigenvalue weighted by atomic mass is 10.3. The SMILES string of the molecule is CS(=O)(=O)c1ccccc1NCc1ccc(CC(=O)O)s1. The van der Waals surface area contributed by atoms with Crippen molar-refractivity contribution in [3.8, 4) is 0 Å². The quantitative estimate of drug-likeness (QED) is 0.852. The van der Waals surface area contributed by atoms with Crippen LogP contribution in [0.3, 0.4) is 0 Å². The first-order chi connectivity index (χ1) is 9.86. The topological polar surface area (TPSA) is 83.5 Å². The van der Waals surface area contributed by atoms with Gasteiger partial charge in [-0.2, -0.15) is 0 Å². The van der Waals surface area contributed by atoms with E-state index in [0.717, 1.165) is 9.75 Å². The van der Waals surface area contributed by atoms with E-state index in [-0.39, 0.29) is 11.3 Å². The van der Waals surface area contributed by atoms with E-state index in [1.165, 1.54) is 17.6 Å². The zero-order valence-corrected chi connectivity index (χ0v) is 13.0. The summed E-state index contributed by atoms with van der Waals surface area (Å²) >= 11 is 1.40. The molecule has 2 N–H and O–H groups in total. The number of carboxylic acids is 1. The van der Waals surface area contributed by atoms with Crippen LogP contribution < -0.4 is 5.32 Å². The maximum atomic E-state index is 11.7. The summed E-state index contributed by atoms with van der Waals surface area (Å²) in [5, 5.41) is 11.8. The number of carbonyl (C=O) groups is 1. The number of sulfone groups is 1. The van der Waals surface area contributed by atoms with Crippen LogP contribution in [0.5, 0.6) is 0 Å². The zero-order valence-electron chi connectivity index (χ0n) is 11.4. The van der Waals surface area contributed by atoms with E-state index >= 15 is 0 Å². The van der Waals surface area contributed by atoms with E-state index < -0.39 is 15.8 Å². The van der Waals surface area contributed by atoms with Crippen LogP contribution in [0.2, 0.25) is 0 Å². The minimum absolute atomic E-state index is 0.00456. The molecule has 0 saturated carbocycles. The number of rotatable bonds is 6. The number of aliphatic carboxylic acids is 1. The molecule has 7 heteroatoms. The number of hydrogen-bond donors (Lipinski definition) is 2. The summed E-state index contributed by atoms with van der Waals surface area (Å²) in [5.41, 5.74) is 0.549. The van der Waals surface area contributed by atoms with Crippen LogP contribution in [0.4, 0.5) is 5.69 Å². The van der Waals surface area contributed by atoms with Crippen molar-refractivity contribution >= 4 is 32.8 Å². The van der Waals surface area contributed by atoms with Gasteiger partial charge in [-0.25, -0.2) is 8.42 Å². The van der Waals surface area contributed by atoms with E-state index in [0.29, 0.717) is 12.2 Å². The van der Waals surface area contributed by atoms with Gasteiger partial charge in [0, 0.05) is 22.6 Å². The summed E-state index contributed by atoms with van der Waals surface area (Å²) < 4.78 is 23.4. The van der Waals surface area contributed by atoms with Gasteiger partial charge in [0.25, 0.3) is 0 Å². The highest BCUT2D eigenvalue weighted by Gasteiger charge is 2.12. The van der Waals surface area contributed by atoms with Crippen molar-refractivity contribution in [3.63, 3.8) is 0 Å². The van der Waals surface area contributed by atoms with Crippen LogP contribution in [-0.2, 0) is 27.6 Å². The fourth-order valence-electron chi connectivity index (χ4n) is 1.88. The number of para-hydroxylation sites is 1. The smallest absolute Gasteiger partial charge is 0.308 e. The molecular weight excluding hydrogens is 310 g/mol. The maximum Gasteiger partial charge on any atom is 0.308 e. The minimum Gasteiger partial charge on any atom is -0.481 e. The lowest BCUT2D eigenvalue weighted by molar-refractivity contribution is -0.136. The van der Waals surface area contributed by atoms with Crippen molar-refractivity contribution in [1.29, 1.82) is 0 Å². The van der Waals surface area contributed by atoms with E-state index in [1.807, 2.05) is 6.07 Å². The molecule has 0 aliphatic carbocycles. The molecule has 21 heavy (non-hydrogen) atoms. The van der Waals surface area contributed by atoms with Crippen LogP contribution in [0.15, 0.2) is 41.3 Å². The molecule has 0 aliphatic heterocycles. The van der Waals surface area contributed by atoms with Crippen molar-refractivity contribution < 1.29 is 18.3 Å². The predicted octanol–water partition coefficient (Wildman–Crippen LogP) is 2.39. The Hall–Kier alpha value is -1.86. The lowest BCUT2D eigenvalue weighted by Gasteiger charge is -2.09. The number of carboxylic acid groups (broad SMARTS) is 1. The summed E-state index contributed by atoms with van der Waals surface area (Å²) in [6.07, 6.45) is 1.17. The molecule has 0 aliphatic rings. The number of hydrogen-bond acceptors (Lipinski definition) is 5. The van der Waals surface area contributed by atoms with Gasteiger partial charge in [-0.15, -0.1) is 11.3 Å². The van der Waals surface area contributed by atoms with Crippen LogP contribution in [0.1, 0.15) is 9.75 Å². The number of benzene rings is 1. The Bertz CT molecular complexity index is 750. The van der Waals surface area contributed by atoms with Gasteiger partial charge in [0.2, 0.25) is 0 Å². The van der Waals surface area contributed by atoms with Gasteiger partial charge in [0.05, 0.1) is 17.0 Å². The summed E-state index contributed by atoms with van der Waals surface area (Å²) in [4.78, 5) is 12.6. The Balaban J connectivity index is 2.10. The molecule has 0 fully saturated rings. The third kappa shape index (κ3) is 4.30. The van der Waals surface area contributed by atoms with Gasteiger partial charge >= 0.3 is 5.97 Å². The Morgan fingerprint density at radius 1 is 1.19 bits per heavy atom. The van der Waals surface area contributed by atoms with Crippen molar-refractivity contribution in [3.05, 3.63) is 46.2 Å². The lowest BCUT2D eigenvalue weighted by Crippen LogP contribution is -2.05. The van der Waals surface area contributed by atoms with E-state index in [4.69, 9.17) is 5.11 Å². The summed E-state index contributed by atoms with van der Waals surface area (Å²) in [6.45, 7) is 0.455. The molecule has 0 spiro atoms. The largest absolute Gasteiger partial charge is 0.481 e. The molecule has 0 atom stereocenters. The molecule has 2 aromatic rings. The van der Waals surface area contributed by atoms with Crippen LogP contribution in [-0.4, -0.2) is 25.7 Å². The van der Waals surface area contributed by atoms with Crippen molar-refractivity contribution in [1.82, 2.24) is 0 Å². The van der Waals surface area contributed by atoms with Crippen molar-refractivity contribution in [2.75, 3.05) is 11.6 Å². The highest BCUT2D eigenvalue weighted by molar-refractivity contribution is 7.90. The molecule has 0 amide bonds. The fraction of sp³-hybridized carbons (Fsp3) is 0.214. The van der Waals surface area contributed by atoms with E-state index in [1.54, 1.807) is 30.3 Å². The summed E-state index contributed by atoms with van der Waals surface area (Å²) in [5.74, 6) is -0.862. The normalized spacial score (nSPS) is 11.3. The summed E-state index contributed by atoms with van der Waals surface area (Å²) in [7, 11) is -3.29. The molecular formula is C14H15NO4S2. The molecule has 0 unspecified atom stereocenters. The molecule has 1 aromatic heterocycles. The van der Waals surface area contributed by atoms with Gasteiger partial charge in [-0.05, 0) is 24.3 Å². The molecule has 0 saturated heterocycles. The van der Waals surface area contributed by atoms with Gasteiger partial charge in [-0.3, -0.25) is 4.79 Å². The standard InChI is InChI=1S/C14H15NO4S2/c1-21(18,19)13-5-3-2-4-12(13)15-9-11-7-6-10(20-11)8-14(16)17/h2-7,15H,8-9H2,1H3,(H,16,17). The maximum absolute atomic E-state index is 11.7. The third-order valence-corrected chi connectivity index (χ3v) is 5.02. The number of anilines is 1. The number of nitrogens with one attached hydrogen (secondary N) is 1. The molecule has 0 bridgehead atoms. The zero-order chi connectivity index (χ0) is 15.5. The molecule has 1 aromatic carbocycles. The Labute approximate surface area is 127 Å². The highest BCUT2D eigenvalue weighted by Crippen LogP contribution is 2.23. The second-order valence-electron chi connectivity index (χ2n) is 4.56. The van der Waals surface area contributed by atoms with Gasteiger partial charge in [0.1, 0.15) is 0 Å². The van der Waals surface area contributed by atoms with Crippen LogP contribution >= 0.6 is 11.3 Å². The highest BCUT2D eigenvalue weighted by atomic mass is 32.2. The van der Waals surface area contributed by atoms with Crippen LogP contribution in [0, 0.1) is 0 Å². The number of thiophene rings is 1. The first kappa shape index (κ1) is 15.5. The summed E-state index contributed by atoms with van der Waals surface area (Å²) in [6, 6.07) is 10.3.